The zero-order valence-corrected chi connectivity index (χ0v) is 10.8. The fourth-order valence-electron chi connectivity index (χ4n) is 1.67. The number of rotatable bonds is 2. The highest BCUT2D eigenvalue weighted by Crippen LogP contribution is 2.30. The molecule has 0 fully saturated rings. The average molecular weight is 240 g/mol. The van der Waals surface area contributed by atoms with Gasteiger partial charge in [-0.3, -0.25) is 0 Å². The van der Waals surface area contributed by atoms with E-state index in [4.69, 9.17) is 0 Å². The summed E-state index contributed by atoms with van der Waals surface area (Å²) in [6, 6.07) is 11.2. The molecule has 0 aromatic heterocycles. The summed E-state index contributed by atoms with van der Waals surface area (Å²) in [6.45, 7) is 6.01. The van der Waals surface area contributed by atoms with Crippen LogP contribution in [-0.4, -0.2) is 5.11 Å². The molecule has 0 aliphatic heterocycles. The van der Waals surface area contributed by atoms with Gasteiger partial charge in [-0.05, 0) is 55.7 Å². The van der Waals surface area contributed by atoms with Gasteiger partial charge in [-0.25, -0.2) is 0 Å². The Bertz CT molecular complexity index is 599. The number of aryl methyl sites for hydroxylation is 2. The maximum absolute atomic E-state index is 9.68. The van der Waals surface area contributed by atoms with Crippen molar-refractivity contribution in [1.82, 2.24) is 0 Å². The molecule has 2 rings (SSSR count). The normalized spacial score (nSPS) is 11.1. The second-order valence-electron chi connectivity index (χ2n) is 4.41. The second-order valence-corrected chi connectivity index (χ2v) is 4.41. The summed E-state index contributed by atoms with van der Waals surface area (Å²) in [7, 11) is 0. The quantitative estimate of drug-likeness (QED) is 0.757. The molecule has 0 atom stereocenters. The molecule has 0 bridgehead atoms. The van der Waals surface area contributed by atoms with Gasteiger partial charge in [0, 0.05) is 0 Å². The van der Waals surface area contributed by atoms with Crippen molar-refractivity contribution < 1.29 is 5.11 Å². The minimum absolute atomic E-state index is 0.148. The molecule has 3 heteroatoms. The first-order chi connectivity index (χ1) is 8.58. The first-order valence-electron chi connectivity index (χ1n) is 5.85. The first-order valence-corrected chi connectivity index (χ1v) is 5.85. The highest BCUT2D eigenvalue weighted by atomic mass is 16.3. The SMILES string of the molecule is Cc1ccc(O)c(N=Nc2cccc(C)c2C)c1. The first kappa shape index (κ1) is 12.3. The molecule has 3 nitrogen and oxygen atoms in total. The van der Waals surface area contributed by atoms with Crippen LogP contribution in [0.2, 0.25) is 0 Å². The van der Waals surface area contributed by atoms with Gasteiger partial charge in [0.25, 0.3) is 0 Å². The van der Waals surface area contributed by atoms with Crippen molar-refractivity contribution >= 4 is 11.4 Å². The van der Waals surface area contributed by atoms with Crippen LogP contribution in [0, 0.1) is 20.8 Å². The van der Waals surface area contributed by atoms with Crippen molar-refractivity contribution in [1.29, 1.82) is 0 Å². The zero-order valence-electron chi connectivity index (χ0n) is 10.8. The molecule has 0 radical (unpaired) electrons. The number of phenolic OH excluding ortho intramolecular Hbond substituents is 1. The number of phenols is 1. The van der Waals surface area contributed by atoms with Crippen LogP contribution in [0.1, 0.15) is 16.7 Å². The fraction of sp³-hybridized carbons (Fsp3) is 0.200. The molecular weight excluding hydrogens is 224 g/mol. The van der Waals surface area contributed by atoms with Crippen LogP contribution < -0.4 is 0 Å². The third-order valence-electron chi connectivity index (χ3n) is 2.97. The third-order valence-corrected chi connectivity index (χ3v) is 2.97. The summed E-state index contributed by atoms with van der Waals surface area (Å²) >= 11 is 0. The van der Waals surface area contributed by atoms with Crippen molar-refractivity contribution in [3.63, 3.8) is 0 Å². The topological polar surface area (TPSA) is 45.0 Å². The van der Waals surface area contributed by atoms with Crippen LogP contribution in [0.4, 0.5) is 11.4 Å². The number of hydrogen-bond donors (Lipinski definition) is 1. The Hall–Kier alpha value is -2.16. The van der Waals surface area contributed by atoms with Crippen molar-refractivity contribution in [2.75, 3.05) is 0 Å². The van der Waals surface area contributed by atoms with E-state index in [2.05, 4.69) is 10.2 Å². The van der Waals surface area contributed by atoms with E-state index in [9.17, 15) is 5.11 Å². The summed E-state index contributed by atoms with van der Waals surface area (Å²) in [6.07, 6.45) is 0. The minimum Gasteiger partial charge on any atom is -0.506 e. The lowest BCUT2D eigenvalue weighted by Gasteiger charge is -2.03. The van der Waals surface area contributed by atoms with E-state index in [1.807, 2.05) is 51.1 Å². The minimum atomic E-state index is 0.148. The molecular formula is C15H16N2O. The Morgan fingerprint density at radius 3 is 2.39 bits per heavy atom. The van der Waals surface area contributed by atoms with Crippen molar-refractivity contribution in [3.8, 4) is 5.75 Å². The van der Waals surface area contributed by atoms with E-state index in [1.165, 1.54) is 5.56 Å². The van der Waals surface area contributed by atoms with Gasteiger partial charge in [-0.1, -0.05) is 18.2 Å². The van der Waals surface area contributed by atoms with Crippen molar-refractivity contribution in [2.24, 2.45) is 10.2 Å². The molecule has 0 unspecified atom stereocenters. The van der Waals surface area contributed by atoms with Gasteiger partial charge in [0.15, 0.2) is 0 Å². The lowest BCUT2D eigenvalue weighted by atomic mass is 10.1. The van der Waals surface area contributed by atoms with Crippen LogP contribution in [0.25, 0.3) is 0 Å². The summed E-state index contributed by atoms with van der Waals surface area (Å²) in [5.41, 5.74) is 4.66. The lowest BCUT2D eigenvalue weighted by Crippen LogP contribution is -1.79. The standard InChI is InChI=1S/C15H16N2O/c1-10-7-8-15(18)14(9-10)17-16-13-6-4-5-11(2)12(13)3/h4-9,18H,1-3H3. The molecule has 0 heterocycles. The molecule has 0 aliphatic rings. The molecule has 2 aromatic rings. The molecule has 0 amide bonds. The number of nitrogens with zero attached hydrogens (tertiary/aromatic N) is 2. The van der Waals surface area contributed by atoms with Crippen LogP contribution in [0.5, 0.6) is 5.75 Å². The Morgan fingerprint density at radius 1 is 0.889 bits per heavy atom. The predicted octanol–water partition coefficient (Wildman–Crippen LogP) is 4.73. The molecule has 92 valence electrons. The van der Waals surface area contributed by atoms with Crippen molar-refractivity contribution in [3.05, 3.63) is 53.1 Å². The number of benzene rings is 2. The van der Waals surface area contributed by atoms with E-state index >= 15 is 0 Å². The highest BCUT2D eigenvalue weighted by molar-refractivity contribution is 5.54. The molecule has 0 saturated heterocycles. The van der Waals surface area contributed by atoms with Gasteiger partial charge in [-0.2, -0.15) is 5.11 Å². The number of hydrogen-bond acceptors (Lipinski definition) is 3. The maximum Gasteiger partial charge on any atom is 0.143 e. The van der Waals surface area contributed by atoms with E-state index < -0.39 is 0 Å². The Kier molecular flexibility index (Phi) is 3.42. The summed E-state index contributed by atoms with van der Waals surface area (Å²) in [4.78, 5) is 0. The Labute approximate surface area is 107 Å². The third kappa shape index (κ3) is 2.56. The Balaban J connectivity index is 2.36. The zero-order chi connectivity index (χ0) is 13.1. The number of aromatic hydroxyl groups is 1. The molecule has 2 aromatic carbocycles. The molecule has 0 aliphatic carbocycles. The van der Waals surface area contributed by atoms with Crippen LogP contribution in [-0.2, 0) is 0 Å². The number of azo groups is 1. The highest BCUT2D eigenvalue weighted by Gasteiger charge is 2.01. The van der Waals surface area contributed by atoms with Gasteiger partial charge in [0.2, 0.25) is 0 Å². The summed E-state index contributed by atoms with van der Waals surface area (Å²) in [5.74, 6) is 0.148. The van der Waals surface area contributed by atoms with E-state index in [-0.39, 0.29) is 5.75 Å². The van der Waals surface area contributed by atoms with Crippen LogP contribution in [0.15, 0.2) is 46.6 Å². The van der Waals surface area contributed by atoms with Crippen LogP contribution in [0.3, 0.4) is 0 Å². The lowest BCUT2D eigenvalue weighted by molar-refractivity contribution is 0.476. The Morgan fingerprint density at radius 2 is 1.61 bits per heavy atom. The smallest absolute Gasteiger partial charge is 0.143 e. The second kappa shape index (κ2) is 5.00. The fourth-order valence-corrected chi connectivity index (χ4v) is 1.67. The largest absolute Gasteiger partial charge is 0.506 e. The van der Waals surface area contributed by atoms with E-state index in [0.717, 1.165) is 16.8 Å². The van der Waals surface area contributed by atoms with E-state index in [1.54, 1.807) is 6.07 Å². The molecule has 18 heavy (non-hydrogen) atoms. The molecule has 0 saturated carbocycles. The molecule has 1 N–H and O–H groups in total. The van der Waals surface area contributed by atoms with Crippen molar-refractivity contribution in [2.45, 2.75) is 20.8 Å². The van der Waals surface area contributed by atoms with Gasteiger partial charge in [0.05, 0.1) is 5.69 Å². The predicted molar refractivity (Wildman–Crippen MR) is 72.9 cm³/mol. The van der Waals surface area contributed by atoms with Gasteiger partial charge in [0.1, 0.15) is 11.4 Å². The van der Waals surface area contributed by atoms with Gasteiger partial charge < -0.3 is 5.11 Å². The maximum atomic E-state index is 9.68. The van der Waals surface area contributed by atoms with Crippen LogP contribution >= 0.6 is 0 Å². The average Bonchev–Trinajstić information content (AvgIpc) is 2.35. The summed E-state index contributed by atoms with van der Waals surface area (Å²) in [5, 5.41) is 18.0. The van der Waals surface area contributed by atoms with E-state index in [0.29, 0.717) is 5.69 Å². The van der Waals surface area contributed by atoms with Gasteiger partial charge >= 0.3 is 0 Å². The monoisotopic (exact) mass is 240 g/mol. The summed E-state index contributed by atoms with van der Waals surface area (Å²) < 4.78 is 0. The van der Waals surface area contributed by atoms with Gasteiger partial charge in [-0.15, -0.1) is 5.11 Å². The molecule has 0 spiro atoms.